The normalized spacial score (nSPS) is 10.8. The Morgan fingerprint density at radius 3 is 3.00 bits per heavy atom. The first-order chi connectivity index (χ1) is 10.1. The van der Waals surface area contributed by atoms with Gasteiger partial charge in [0.25, 0.3) is 5.91 Å². The summed E-state index contributed by atoms with van der Waals surface area (Å²) in [4.78, 5) is 23.7. The summed E-state index contributed by atoms with van der Waals surface area (Å²) in [6.45, 7) is 2.17. The lowest BCUT2D eigenvalue weighted by Crippen LogP contribution is -2.24. The van der Waals surface area contributed by atoms with Crippen LogP contribution >= 0.6 is 11.6 Å². The maximum absolute atomic E-state index is 12.2. The van der Waals surface area contributed by atoms with Gasteiger partial charge in [-0.3, -0.25) is 4.79 Å². The van der Waals surface area contributed by atoms with Crippen molar-refractivity contribution in [2.75, 3.05) is 0 Å². The molecule has 2 aromatic heterocycles. The molecule has 0 saturated carbocycles. The van der Waals surface area contributed by atoms with Gasteiger partial charge in [-0.1, -0.05) is 11.6 Å². The van der Waals surface area contributed by atoms with Crippen molar-refractivity contribution in [2.45, 2.75) is 13.5 Å². The summed E-state index contributed by atoms with van der Waals surface area (Å²) in [6, 6.07) is 8.91. The van der Waals surface area contributed by atoms with Gasteiger partial charge in [0.05, 0.1) is 12.1 Å². The van der Waals surface area contributed by atoms with Crippen molar-refractivity contribution in [3.63, 3.8) is 0 Å². The quantitative estimate of drug-likeness (QED) is 0.781. The van der Waals surface area contributed by atoms with Crippen molar-refractivity contribution < 1.29 is 4.79 Å². The molecular weight excluding hydrogens is 288 g/mol. The van der Waals surface area contributed by atoms with Crippen LogP contribution in [0.15, 0.2) is 36.5 Å². The number of carbonyl (C=O) groups is 1. The number of amides is 1. The number of nitrogens with one attached hydrogen (secondary N) is 2. The van der Waals surface area contributed by atoms with Crippen LogP contribution < -0.4 is 5.32 Å². The molecule has 0 atom stereocenters. The summed E-state index contributed by atoms with van der Waals surface area (Å²) >= 11 is 5.89. The third kappa shape index (κ3) is 2.87. The maximum atomic E-state index is 12.2. The average molecular weight is 301 g/mol. The number of aromatic amines is 1. The van der Waals surface area contributed by atoms with Gasteiger partial charge in [0, 0.05) is 16.8 Å². The zero-order valence-corrected chi connectivity index (χ0v) is 12.1. The molecule has 2 N–H and O–H groups in total. The number of benzene rings is 1. The van der Waals surface area contributed by atoms with Crippen molar-refractivity contribution in [3.05, 3.63) is 58.5 Å². The fourth-order valence-electron chi connectivity index (χ4n) is 2.12. The van der Waals surface area contributed by atoms with Gasteiger partial charge in [-0.05, 0) is 42.8 Å². The predicted molar refractivity (Wildman–Crippen MR) is 81.2 cm³/mol. The van der Waals surface area contributed by atoms with Gasteiger partial charge in [-0.15, -0.1) is 0 Å². The van der Waals surface area contributed by atoms with E-state index in [1.165, 1.54) is 0 Å². The molecule has 1 amide bonds. The second kappa shape index (κ2) is 5.54. The number of imidazole rings is 1. The van der Waals surface area contributed by atoms with Crippen LogP contribution in [0.5, 0.6) is 0 Å². The van der Waals surface area contributed by atoms with Gasteiger partial charge in [-0.25, -0.2) is 9.97 Å². The highest BCUT2D eigenvalue weighted by Crippen LogP contribution is 2.15. The van der Waals surface area contributed by atoms with Crippen LogP contribution in [-0.2, 0) is 6.54 Å². The lowest BCUT2D eigenvalue weighted by atomic mass is 10.1. The molecule has 0 saturated heterocycles. The summed E-state index contributed by atoms with van der Waals surface area (Å²) in [7, 11) is 0. The Bertz CT molecular complexity index is 779. The van der Waals surface area contributed by atoms with E-state index in [-0.39, 0.29) is 5.91 Å². The molecule has 0 spiro atoms. The van der Waals surface area contributed by atoms with Crippen LogP contribution in [0.1, 0.15) is 21.7 Å². The van der Waals surface area contributed by atoms with Crippen LogP contribution in [0.25, 0.3) is 11.2 Å². The second-order valence-electron chi connectivity index (χ2n) is 4.70. The standard InChI is InChI=1S/C15H13ClN4O/c1-9-7-10(16)4-5-11(9)15(21)18-8-13-19-12-3-2-6-17-14(12)20-13/h2-7H,8H2,1H3,(H,18,21)(H,17,19,20). The molecular formula is C15H13ClN4O. The summed E-state index contributed by atoms with van der Waals surface area (Å²) in [5.41, 5.74) is 2.94. The fraction of sp³-hybridized carbons (Fsp3) is 0.133. The smallest absolute Gasteiger partial charge is 0.251 e. The van der Waals surface area contributed by atoms with Gasteiger partial charge >= 0.3 is 0 Å². The number of aromatic nitrogens is 3. The zero-order chi connectivity index (χ0) is 14.8. The molecule has 0 bridgehead atoms. The Hall–Kier alpha value is -2.40. The van der Waals surface area contributed by atoms with E-state index >= 15 is 0 Å². The Morgan fingerprint density at radius 1 is 1.38 bits per heavy atom. The van der Waals surface area contributed by atoms with Crippen LogP contribution in [-0.4, -0.2) is 20.9 Å². The van der Waals surface area contributed by atoms with Crippen molar-refractivity contribution in [3.8, 4) is 0 Å². The number of fused-ring (bicyclic) bond motifs is 1. The number of carbonyl (C=O) groups excluding carboxylic acids is 1. The Morgan fingerprint density at radius 2 is 2.24 bits per heavy atom. The van der Waals surface area contributed by atoms with Crippen molar-refractivity contribution in [2.24, 2.45) is 0 Å². The summed E-state index contributed by atoms with van der Waals surface area (Å²) in [5.74, 6) is 0.515. The highest BCUT2D eigenvalue weighted by atomic mass is 35.5. The van der Waals surface area contributed by atoms with E-state index in [0.717, 1.165) is 11.1 Å². The minimum atomic E-state index is -0.155. The number of halogens is 1. The minimum Gasteiger partial charge on any atom is -0.345 e. The molecule has 1 aromatic carbocycles. The maximum Gasteiger partial charge on any atom is 0.251 e. The van der Waals surface area contributed by atoms with E-state index in [0.29, 0.717) is 28.6 Å². The molecule has 5 nitrogen and oxygen atoms in total. The number of nitrogens with zero attached hydrogens (tertiary/aromatic N) is 2. The lowest BCUT2D eigenvalue weighted by Gasteiger charge is -2.06. The van der Waals surface area contributed by atoms with E-state index in [1.54, 1.807) is 24.4 Å². The number of H-pyrrole nitrogens is 1. The minimum absolute atomic E-state index is 0.155. The third-order valence-electron chi connectivity index (χ3n) is 3.16. The fourth-order valence-corrected chi connectivity index (χ4v) is 2.35. The van der Waals surface area contributed by atoms with Crippen molar-refractivity contribution >= 4 is 28.7 Å². The summed E-state index contributed by atoms with van der Waals surface area (Å²) in [5, 5.41) is 3.45. The van der Waals surface area contributed by atoms with Gasteiger partial charge in [0.1, 0.15) is 5.82 Å². The molecule has 21 heavy (non-hydrogen) atoms. The monoisotopic (exact) mass is 300 g/mol. The molecule has 3 aromatic rings. The van der Waals surface area contributed by atoms with Gasteiger partial charge in [0.2, 0.25) is 0 Å². The molecule has 6 heteroatoms. The Labute approximate surface area is 126 Å². The molecule has 2 heterocycles. The topological polar surface area (TPSA) is 70.7 Å². The van der Waals surface area contributed by atoms with Crippen LogP contribution in [0.2, 0.25) is 5.02 Å². The largest absolute Gasteiger partial charge is 0.345 e. The molecule has 0 aliphatic heterocycles. The summed E-state index contributed by atoms with van der Waals surface area (Å²) < 4.78 is 0. The van der Waals surface area contributed by atoms with E-state index in [2.05, 4.69) is 20.3 Å². The van der Waals surface area contributed by atoms with Crippen LogP contribution in [0, 0.1) is 6.92 Å². The van der Waals surface area contributed by atoms with Gasteiger partial charge < -0.3 is 10.3 Å². The van der Waals surface area contributed by atoms with E-state index in [1.807, 2.05) is 19.1 Å². The highest BCUT2D eigenvalue weighted by Gasteiger charge is 2.10. The van der Waals surface area contributed by atoms with Crippen LogP contribution in [0.3, 0.4) is 0 Å². The first kappa shape index (κ1) is 13.6. The second-order valence-corrected chi connectivity index (χ2v) is 5.14. The summed E-state index contributed by atoms with van der Waals surface area (Å²) in [6.07, 6.45) is 1.68. The molecule has 0 aliphatic rings. The molecule has 0 unspecified atom stereocenters. The first-order valence-corrected chi connectivity index (χ1v) is 6.85. The average Bonchev–Trinajstić information content (AvgIpc) is 2.87. The Kier molecular flexibility index (Phi) is 3.58. The molecule has 0 fully saturated rings. The predicted octanol–water partition coefficient (Wildman–Crippen LogP) is 2.85. The van der Waals surface area contributed by atoms with E-state index in [4.69, 9.17) is 11.6 Å². The van der Waals surface area contributed by atoms with Crippen LogP contribution in [0.4, 0.5) is 0 Å². The highest BCUT2D eigenvalue weighted by molar-refractivity contribution is 6.30. The number of hydrogen-bond acceptors (Lipinski definition) is 3. The van der Waals surface area contributed by atoms with Crippen molar-refractivity contribution in [1.29, 1.82) is 0 Å². The third-order valence-corrected chi connectivity index (χ3v) is 3.39. The Balaban J connectivity index is 1.73. The van der Waals surface area contributed by atoms with E-state index < -0.39 is 0 Å². The number of rotatable bonds is 3. The number of aryl methyl sites for hydroxylation is 1. The van der Waals surface area contributed by atoms with Crippen molar-refractivity contribution in [1.82, 2.24) is 20.3 Å². The first-order valence-electron chi connectivity index (χ1n) is 6.47. The molecule has 3 rings (SSSR count). The van der Waals surface area contributed by atoms with Gasteiger partial charge in [0.15, 0.2) is 5.65 Å². The van der Waals surface area contributed by atoms with E-state index in [9.17, 15) is 4.79 Å². The molecule has 0 radical (unpaired) electrons. The lowest BCUT2D eigenvalue weighted by molar-refractivity contribution is 0.0949. The van der Waals surface area contributed by atoms with Gasteiger partial charge in [-0.2, -0.15) is 0 Å². The number of hydrogen-bond donors (Lipinski definition) is 2. The SMILES string of the molecule is Cc1cc(Cl)ccc1C(=O)NCc1nc2ncccc2[nH]1. The molecule has 0 aliphatic carbocycles. The zero-order valence-electron chi connectivity index (χ0n) is 11.4. The molecule has 106 valence electrons. The number of pyridine rings is 1.